The average molecular weight is 255 g/mol. The van der Waals surface area contributed by atoms with Crippen LogP contribution in [-0.2, 0) is 0 Å². The normalized spacial score (nSPS) is 10.8. The van der Waals surface area contributed by atoms with E-state index >= 15 is 0 Å². The molecule has 0 fully saturated rings. The third kappa shape index (κ3) is 2.29. The van der Waals surface area contributed by atoms with Crippen molar-refractivity contribution in [2.24, 2.45) is 0 Å². The van der Waals surface area contributed by atoms with Crippen LogP contribution < -0.4 is 10.3 Å². The lowest BCUT2D eigenvalue weighted by Gasteiger charge is -2.05. The van der Waals surface area contributed by atoms with Crippen LogP contribution in [-0.4, -0.2) is 22.7 Å². The molecule has 0 aliphatic carbocycles. The Balaban J connectivity index is 2.56. The maximum Gasteiger partial charge on any atom is 0.387 e. The number of benzene rings is 1. The lowest BCUT2D eigenvalue weighted by molar-refractivity contribution is -0.0497. The van der Waals surface area contributed by atoms with Crippen LogP contribution in [0.4, 0.5) is 8.78 Å². The quantitative estimate of drug-likeness (QED) is 0.876. The van der Waals surface area contributed by atoms with Crippen molar-refractivity contribution >= 4 is 16.9 Å². The van der Waals surface area contributed by atoms with E-state index in [1.807, 2.05) is 0 Å². The molecule has 7 heteroatoms. The van der Waals surface area contributed by atoms with Crippen molar-refractivity contribution in [3.05, 3.63) is 40.2 Å². The second-order valence-electron chi connectivity index (χ2n) is 3.44. The van der Waals surface area contributed by atoms with E-state index in [1.54, 1.807) is 0 Å². The van der Waals surface area contributed by atoms with Crippen LogP contribution in [0.2, 0.25) is 0 Å². The molecule has 0 bridgehead atoms. The van der Waals surface area contributed by atoms with Gasteiger partial charge in [-0.3, -0.25) is 4.79 Å². The molecule has 0 aliphatic heterocycles. The van der Waals surface area contributed by atoms with E-state index in [1.165, 1.54) is 24.3 Å². The maximum absolute atomic E-state index is 12.0. The molecule has 0 amide bonds. The van der Waals surface area contributed by atoms with E-state index in [0.717, 1.165) is 0 Å². The summed E-state index contributed by atoms with van der Waals surface area (Å²) < 4.78 is 28.2. The van der Waals surface area contributed by atoms with E-state index in [-0.39, 0.29) is 11.3 Å². The van der Waals surface area contributed by atoms with Gasteiger partial charge in [0.05, 0.1) is 5.52 Å². The predicted octanol–water partition coefficient (Wildman–Crippen LogP) is 1.83. The van der Waals surface area contributed by atoms with E-state index in [4.69, 9.17) is 5.11 Å². The molecule has 2 rings (SSSR count). The summed E-state index contributed by atoms with van der Waals surface area (Å²) in [5.41, 5.74) is -0.989. The first-order chi connectivity index (χ1) is 8.47. The number of ether oxygens (including phenoxy) is 1. The van der Waals surface area contributed by atoms with Gasteiger partial charge in [0, 0.05) is 6.07 Å². The van der Waals surface area contributed by atoms with Crippen LogP contribution in [0.1, 0.15) is 10.4 Å². The molecule has 2 aromatic rings. The molecule has 0 saturated heterocycles. The summed E-state index contributed by atoms with van der Waals surface area (Å²) in [6, 6.07) is 5.02. The molecule has 0 aliphatic rings. The number of aromatic amines is 1. The van der Waals surface area contributed by atoms with Crippen LogP contribution in [0.15, 0.2) is 29.1 Å². The number of aromatic nitrogens is 1. The Hall–Kier alpha value is -2.44. The molecular weight excluding hydrogens is 248 g/mol. The van der Waals surface area contributed by atoms with Crippen molar-refractivity contribution in [3.8, 4) is 5.75 Å². The average Bonchev–Trinajstić information content (AvgIpc) is 2.26. The molecule has 0 radical (unpaired) electrons. The Morgan fingerprint density at radius 1 is 1.33 bits per heavy atom. The second kappa shape index (κ2) is 4.44. The van der Waals surface area contributed by atoms with Crippen LogP contribution in [0, 0.1) is 0 Å². The number of H-pyrrole nitrogens is 1. The molecule has 1 heterocycles. The molecule has 5 nitrogen and oxygen atoms in total. The van der Waals surface area contributed by atoms with Crippen LogP contribution in [0.5, 0.6) is 5.75 Å². The first kappa shape index (κ1) is 12.0. The number of fused-ring (bicyclic) bond motifs is 1. The molecule has 0 unspecified atom stereocenters. The summed E-state index contributed by atoms with van der Waals surface area (Å²) in [6.45, 7) is -2.97. The first-order valence-corrected chi connectivity index (χ1v) is 4.82. The molecule has 1 aromatic carbocycles. The molecule has 2 N–H and O–H groups in total. The number of carboxylic acids is 1. The van der Waals surface area contributed by atoms with Gasteiger partial charge in [-0.25, -0.2) is 4.79 Å². The monoisotopic (exact) mass is 255 g/mol. The zero-order chi connectivity index (χ0) is 13.3. The van der Waals surface area contributed by atoms with Gasteiger partial charge in [-0.05, 0) is 23.6 Å². The van der Waals surface area contributed by atoms with Crippen molar-refractivity contribution in [2.75, 3.05) is 0 Å². The number of halogens is 2. The molecule has 18 heavy (non-hydrogen) atoms. The minimum atomic E-state index is -2.97. The van der Waals surface area contributed by atoms with E-state index < -0.39 is 23.7 Å². The summed E-state index contributed by atoms with van der Waals surface area (Å²) in [5, 5.41) is 9.17. The molecule has 0 spiro atoms. The Morgan fingerprint density at radius 2 is 2.06 bits per heavy atom. The predicted molar refractivity (Wildman–Crippen MR) is 58.2 cm³/mol. The fourth-order valence-electron chi connectivity index (χ4n) is 1.52. The second-order valence-corrected chi connectivity index (χ2v) is 3.44. The van der Waals surface area contributed by atoms with Gasteiger partial charge in [-0.1, -0.05) is 0 Å². The summed E-state index contributed by atoms with van der Waals surface area (Å²) in [5.74, 6) is -1.47. The van der Waals surface area contributed by atoms with Gasteiger partial charge in [-0.2, -0.15) is 8.78 Å². The largest absolute Gasteiger partial charge is 0.477 e. The number of hydrogen-bond acceptors (Lipinski definition) is 3. The number of nitrogens with one attached hydrogen (secondary N) is 1. The van der Waals surface area contributed by atoms with Crippen molar-refractivity contribution in [1.82, 2.24) is 4.98 Å². The van der Waals surface area contributed by atoms with Crippen molar-refractivity contribution in [1.29, 1.82) is 0 Å². The van der Waals surface area contributed by atoms with Gasteiger partial charge >= 0.3 is 12.6 Å². The summed E-state index contributed by atoms with van der Waals surface area (Å²) >= 11 is 0. The molecule has 1 aromatic heterocycles. The number of pyridine rings is 1. The third-order valence-electron chi connectivity index (χ3n) is 2.27. The van der Waals surface area contributed by atoms with Gasteiger partial charge in [0.1, 0.15) is 11.3 Å². The SMILES string of the molecule is O=C(O)c1cc2ccc(OC(F)F)cc2[nH]c1=O. The smallest absolute Gasteiger partial charge is 0.387 e. The van der Waals surface area contributed by atoms with Crippen molar-refractivity contribution in [3.63, 3.8) is 0 Å². The number of alkyl halides is 2. The lowest BCUT2D eigenvalue weighted by Crippen LogP contribution is -2.17. The molecule has 94 valence electrons. The summed E-state index contributed by atoms with van der Waals surface area (Å²) in [6.07, 6.45) is 0. The maximum atomic E-state index is 12.0. The molecule has 0 saturated carbocycles. The number of carbonyl (C=O) groups is 1. The summed E-state index contributed by atoms with van der Waals surface area (Å²) in [7, 11) is 0. The lowest BCUT2D eigenvalue weighted by atomic mass is 10.1. The highest BCUT2D eigenvalue weighted by Crippen LogP contribution is 2.20. The molecular formula is C11H7F2NO4. The fourth-order valence-corrected chi connectivity index (χ4v) is 1.52. The van der Waals surface area contributed by atoms with Crippen molar-refractivity contribution < 1.29 is 23.4 Å². The number of carboxylic acid groups (broad SMARTS) is 1. The van der Waals surface area contributed by atoms with Gasteiger partial charge in [0.2, 0.25) is 0 Å². The Bertz CT molecular complexity index is 666. The van der Waals surface area contributed by atoms with Gasteiger partial charge in [0.25, 0.3) is 5.56 Å². The highest BCUT2D eigenvalue weighted by Gasteiger charge is 2.11. The van der Waals surface area contributed by atoms with E-state index in [2.05, 4.69) is 9.72 Å². The highest BCUT2D eigenvalue weighted by atomic mass is 19.3. The molecule has 0 atom stereocenters. The minimum Gasteiger partial charge on any atom is -0.477 e. The first-order valence-electron chi connectivity index (χ1n) is 4.82. The Labute approximate surface area is 98.6 Å². The Morgan fingerprint density at radius 3 is 2.67 bits per heavy atom. The van der Waals surface area contributed by atoms with Gasteiger partial charge in [0.15, 0.2) is 0 Å². The highest BCUT2D eigenvalue weighted by molar-refractivity contribution is 5.92. The zero-order valence-corrected chi connectivity index (χ0v) is 8.81. The van der Waals surface area contributed by atoms with Crippen LogP contribution in [0.3, 0.4) is 0 Å². The number of hydrogen-bond donors (Lipinski definition) is 2. The van der Waals surface area contributed by atoms with Gasteiger partial charge < -0.3 is 14.8 Å². The fraction of sp³-hybridized carbons (Fsp3) is 0.0909. The summed E-state index contributed by atoms with van der Waals surface area (Å²) in [4.78, 5) is 24.4. The topological polar surface area (TPSA) is 79.4 Å². The standard InChI is InChI=1S/C11H7F2NO4/c12-11(13)18-6-2-1-5-3-7(10(16)17)9(15)14-8(5)4-6/h1-4,11H,(H,14,15)(H,16,17). The van der Waals surface area contributed by atoms with Crippen LogP contribution >= 0.6 is 0 Å². The third-order valence-corrected chi connectivity index (χ3v) is 2.27. The number of aromatic carboxylic acids is 1. The van der Waals surface area contributed by atoms with Crippen molar-refractivity contribution in [2.45, 2.75) is 6.61 Å². The Kier molecular flexibility index (Phi) is 2.97. The van der Waals surface area contributed by atoms with E-state index in [9.17, 15) is 18.4 Å². The van der Waals surface area contributed by atoms with Gasteiger partial charge in [-0.15, -0.1) is 0 Å². The minimum absolute atomic E-state index is 0.115. The van der Waals surface area contributed by atoms with Crippen LogP contribution in [0.25, 0.3) is 10.9 Å². The zero-order valence-electron chi connectivity index (χ0n) is 8.81. The number of rotatable bonds is 3. The van der Waals surface area contributed by atoms with E-state index in [0.29, 0.717) is 5.39 Å².